The number of benzene rings is 2. The lowest BCUT2D eigenvalue weighted by Crippen LogP contribution is -2.14. The molecule has 0 unspecified atom stereocenters. The van der Waals surface area contributed by atoms with Gasteiger partial charge in [-0.2, -0.15) is 0 Å². The average molecular weight is 355 g/mol. The topological polar surface area (TPSA) is 21.3 Å². The summed E-state index contributed by atoms with van der Waals surface area (Å²) in [5, 5.41) is 4.20. The van der Waals surface area contributed by atoms with Crippen molar-refractivity contribution in [3.8, 4) is 0 Å². The molecule has 0 radical (unpaired) electrons. The molecule has 0 heterocycles. The molecule has 0 saturated carbocycles. The highest BCUT2D eigenvalue weighted by atomic mass is 79.9. The van der Waals surface area contributed by atoms with Gasteiger partial charge in [0.1, 0.15) is 0 Å². The third-order valence-electron chi connectivity index (χ3n) is 3.06. The lowest BCUT2D eigenvalue weighted by atomic mass is 10.1. The van der Waals surface area contributed by atoms with E-state index in [1.165, 1.54) is 11.1 Å². The second kappa shape index (κ2) is 7.79. The minimum atomic E-state index is 0.638. The highest BCUT2D eigenvalue weighted by Gasteiger charge is 2.03. The fraction of sp³-hybridized carbons (Fsp3) is 0.250. The highest BCUT2D eigenvalue weighted by molar-refractivity contribution is 9.10. The molecule has 1 N–H and O–H groups in total. The molecule has 0 aliphatic rings. The number of hydrogen-bond donors (Lipinski definition) is 1. The second-order valence-corrected chi connectivity index (χ2v) is 5.83. The molecule has 4 heteroatoms. The van der Waals surface area contributed by atoms with Crippen molar-refractivity contribution in [3.63, 3.8) is 0 Å². The van der Waals surface area contributed by atoms with E-state index in [9.17, 15) is 0 Å². The fourth-order valence-corrected chi connectivity index (χ4v) is 2.62. The van der Waals surface area contributed by atoms with Crippen LogP contribution >= 0.6 is 27.5 Å². The number of methoxy groups -OCH3 is 1. The molecule has 0 bridgehead atoms. The van der Waals surface area contributed by atoms with Crippen LogP contribution in [0, 0.1) is 0 Å². The largest absolute Gasteiger partial charge is 0.380 e. The molecule has 0 spiro atoms. The minimum Gasteiger partial charge on any atom is -0.380 e. The van der Waals surface area contributed by atoms with E-state index < -0.39 is 0 Å². The van der Waals surface area contributed by atoms with Crippen LogP contribution in [0.4, 0.5) is 0 Å². The van der Waals surface area contributed by atoms with Crippen LogP contribution in [0.1, 0.15) is 16.7 Å². The summed E-state index contributed by atoms with van der Waals surface area (Å²) in [5.74, 6) is 0. The van der Waals surface area contributed by atoms with Crippen LogP contribution in [0.15, 0.2) is 46.9 Å². The number of nitrogens with one attached hydrogen (secondary N) is 1. The second-order valence-electron chi connectivity index (χ2n) is 4.54. The Kier molecular flexibility index (Phi) is 6.05. The molecule has 2 nitrogen and oxygen atoms in total. The van der Waals surface area contributed by atoms with Crippen LogP contribution in [-0.2, 0) is 24.4 Å². The van der Waals surface area contributed by atoms with Gasteiger partial charge >= 0.3 is 0 Å². The molecular weight excluding hydrogens is 338 g/mol. The summed E-state index contributed by atoms with van der Waals surface area (Å²) in [6.07, 6.45) is 0. The lowest BCUT2D eigenvalue weighted by molar-refractivity contribution is 0.184. The van der Waals surface area contributed by atoms with Gasteiger partial charge in [-0.25, -0.2) is 0 Å². The normalized spacial score (nSPS) is 10.8. The van der Waals surface area contributed by atoms with Gasteiger partial charge in [0.2, 0.25) is 0 Å². The Hall–Kier alpha value is -0.870. The molecule has 0 aliphatic carbocycles. The van der Waals surface area contributed by atoms with E-state index >= 15 is 0 Å². The number of hydrogen-bond acceptors (Lipinski definition) is 2. The molecule has 20 heavy (non-hydrogen) atoms. The Morgan fingerprint density at radius 2 is 1.75 bits per heavy atom. The van der Waals surface area contributed by atoms with Crippen LogP contribution in [-0.4, -0.2) is 7.11 Å². The predicted molar refractivity (Wildman–Crippen MR) is 86.9 cm³/mol. The van der Waals surface area contributed by atoms with Crippen molar-refractivity contribution in [2.24, 2.45) is 0 Å². The van der Waals surface area contributed by atoms with E-state index in [1.54, 1.807) is 7.11 Å². The summed E-state index contributed by atoms with van der Waals surface area (Å²) in [4.78, 5) is 0. The first-order chi connectivity index (χ1) is 9.70. The molecule has 0 amide bonds. The van der Waals surface area contributed by atoms with Gasteiger partial charge in [0.05, 0.1) is 6.61 Å². The molecular formula is C16H17BrClNO. The van der Waals surface area contributed by atoms with Gasteiger partial charge in [-0.1, -0.05) is 51.8 Å². The molecule has 0 fully saturated rings. The third-order valence-corrected chi connectivity index (χ3v) is 4.07. The Labute approximate surface area is 133 Å². The smallest absolute Gasteiger partial charge is 0.0716 e. The summed E-state index contributed by atoms with van der Waals surface area (Å²) in [6, 6.07) is 14.1. The van der Waals surface area contributed by atoms with E-state index in [0.717, 1.165) is 28.1 Å². The molecule has 106 valence electrons. The third kappa shape index (κ3) is 4.32. The highest BCUT2D eigenvalue weighted by Crippen LogP contribution is 2.21. The molecule has 0 atom stereocenters. The van der Waals surface area contributed by atoms with Gasteiger partial charge in [-0.15, -0.1) is 0 Å². The fourth-order valence-electron chi connectivity index (χ4n) is 2.04. The minimum absolute atomic E-state index is 0.638. The van der Waals surface area contributed by atoms with Gasteiger partial charge in [0.25, 0.3) is 0 Å². The van der Waals surface area contributed by atoms with Gasteiger partial charge in [-0.3, -0.25) is 0 Å². The van der Waals surface area contributed by atoms with Crippen LogP contribution in [0.25, 0.3) is 0 Å². The van der Waals surface area contributed by atoms with Gasteiger partial charge in [0, 0.05) is 29.7 Å². The van der Waals surface area contributed by atoms with E-state index in [0.29, 0.717) is 6.61 Å². The zero-order valence-electron chi connectivity index (χ0n) is 11.3. The first kappa shape index (κ1) is 15.5. The molecule has 2 aromatic rings. The molecule has 2 aromatic carbocycles. The Morgan fingerprint density at radius 3 is 2.50 bits per heavy atom. The Bertz CT molecular complexity index is 574. The maximum Gasteiger partial charge on any atom is 0.0716 e. The number of ether oxygens (including phenoxy) is 1. The van der Waals surface area contributed by atoms with Gasteiger partial charge in [0.15, 0.2) is 0 Å². The average Bonchev–Trinajstić information content (AvgIpc) is 2.45. The monoisotopic (exact) mass is 353 g/mol. The first-order valence-corrected chi connectivity index (χ1v) is 7.58. The first-order valence-electron chi connectivity index (χ1n) is 6.41. The van der Waals surface area contributed by atoms with E-state index in [-0.39, 0.29) is 0 Å². The van der Waals surface area contributed by atoms with E-state index in [2.05, 4.69) is 33.4 Å². The van der Waals surface area contributed by atoms with Crippen molar-refractivity contribution in [3.05, 3.63) is 68.7 Å². The summed E-state index contributed by atoms with van der Waals surface area (Å²) in [5.41, 5.74) is 3.63. The zero-order chi connectivity index (χ0) is 14.4. The van der Waals surface area contributed by atoms with Crippen LogP contribution < -0.4 is 5.32 Å². The summed E-state index contributed by atoms with van der Waals surface area (Å²) >= 11 is 9.55. The van der Waals surface area contributed by atoms with Crippen molar-refractivity contribution >= 4 is 27.5 Å². The van der Waals surface area contributed by atoms with Crippen molar-refractivity contribution in [1.82, 2.24) is 5.32 Å². The van der Waals surface area contributed by atoms with Gasteiger partial charge in [-0.05, 0) is 34.9 Å². The standard InChI is InChI=1S/C16H17BrClNO/c1-20-11-13-5-3-2-4-12(13)9-19-10-14-8-15(18)6-7-16(14)17/h2-8,19H,9-11H2,1H3. The Balaban J connectivity index is 1.97. The molecule has 0 aromatic heterocycles. The summed E-state index contributed by atoms with van der Waals surface area (Å²) in [7, 11) is 1.72. The molecule has 0 aliphatic heterocycles. The van der Waals surface area contributed by atoms with Crippen molar-refractivity contribution < 1.29 is 4.74 Å². The van der Waals surface area contributed by atoms with Crippen molar-refractivity contribution in [2.75, 3.05) is 7.11 Å². The quantitative estimate of drug-likeness (QED) is 0.822. The van der Waals surface area contributed by atoms with Crippen molar-refractivity contribution in [2.45, 2.75) is 19.7 Å². The van der Waals surface area contributed by atoms with E-state index in [4.69, 9.17) is 16.3 Å². The van der Waals surface area contributed by atoms with Crippen LogP contribution in [0.5, 0.6) is 0 Å². The van der Waals surface area contributed by atoms with Crippen LogP contribution in [0.3, 0.4) is 0 Å². The van der Waals surface area contributed by atoms with Gasteiger partial charge < -0.3 is 10.1 Å². The Morgan fingerprint density at radius 1 is 1.05 bits per heavy atom. The van der Waals surface area contributed by atoms with Crippen LogP contribution in [0.2, 0.25) is 5.02 Å². The number of rotatable bonds is 6. The molecule has 2 rings (SSSR count). The van der Waals surface area contributed by atoms with Crippen molar-refractivity contribution in [1.29, 1.82) is 0 Å². The maximum atomic E-state index is 6.01. The molecule has 0 saturated heterocycles. The zero-order valence-corrected chi connectivity index (χ0v) is 13.7. The SMILES string of the molecule is COCc1ccccc1CNCc1cc(Cl)ccc1Br. The summed E-state index contributed by atoms with van der Waals surface area (Å²) in [6.45, 7) is 2.21. The summed E-state index contributed by atoms with van der Waals surface area (Å²) < 4.78 is 6.28. The van der Waals surface area contributed by atoms with E-state index in [1.807, 2.05) is 30.3 Å². The number of halogens is 2. The predicted octanol–water partition coefficient (Wildman–Crippen LogP) is 4.54. The maximum absolute atomic E-state index is 6.01. The lowest BCUT2D eigenvalue weighted by Gasteiger charge is -2.11.